The molecule has 0 amide bonds. The molecule has 1 rings (SSSR count). The highest BCUT2D eigenvalue weighted by molar-refractivity contribution is 5.90. The summed E-state index contributed by atoms with van der Waals surface area (Å²) in [6, 6.07) is 1.70. The molecule has 0 saturated heterocycles. The molecule has 122 valence electrons. The third-order valence-electron chi connectivity index (χ3n) is 3.53. The number of aryl methyl sites for hydroxylation is 1. The van der Waals surface area contributed by atoms with Crippen LogP contribution in [-0.4, -0.2) is 29.4 Å². The summed E-state index contributed by atoms with van der Waals surface area (Å²) in [5, 5.41) is 18.8. The van der Waals surface area contributed by atoms with E-state index in [-0.39, 0.29) is 12.2 Å². The van der Waals surface area contributed by atoms with Gasteiger partial charge in [0.15, 0.2) is 0 Å². The van der Waals surface area contributed by atoms with Crippen LogP contribution in [-0.2, 0) is 19.3 Å². The second-order valence-electron chi connectivity index (χ2n) is 5.25. The van der Waals surface area contributed by atoms with Gasteiger partial charge in [0, 0.05) is 6.61 Å². The Bertz CT molecular complexity index is 520. The molecule has 0 saturated carbocycles. The average Bonchev–Trinajstić information content (AvgIpc) is 2.49. The number of benzene rings is 1. The summed E-state index contributed by atoms with van der Waals surface area (Å²) >= 11 is 0. The van der Waals surface area contributed by atoms with Crippen LogP contribution in [0.1, 0.15) is 53.7 Å². The number of hydrogen-bond donors (Lipinski definition) is 2. The van der Waals surface area contributed by atoms with Gasteiger partial charge < -0.3 is 14.9 Å². The van der Waals surface area contributed by atoms with Gasteiger partial charge in [-0.15, -0.1) is 0 Å². The molecule has 0 aliphatic rings. The van der Waals surface area contributed by atoms with Crippen molar-refractivity contribution >= 4 is 5.97 Å². The van der Waals surface area contributed by atoms with Crippen molar-refractivity contribution in [1.29, 1.82) is 0 Å². The molecule has 0 spiro atoms. The fraction of sp³-hybridized carbons (Fsp3) is 0.500. The normalized spacial score (nSPS) is 10.5. The van der Waals surface area contributed by atoms with Gasteiger partial charge in [-0.1, -0.05) is 39.3 Å². The lowest BCUT2D eigenvalue weighted by Gasteiger charge is -2.20. The van der Waals surface area contributed by atoms with Crippen molar-refractivity contribution in [3.8, 4) is 5.75 Å². The smallest absolute Gasteiger partial charge is 0.335 e. The Labute approximate surface area is 132 Å². The Kier molecular flexibility index (Phi) is 7.67. The molecule has 0 aliphatic heterocycles. The predicted octanol–water partition coefficient (Wildman–Crippen LogP) is 3.39. The molecule has 4 nitrogen and oxygen atoms in total. The fourth-order valence-electron chi connectivity index (χ4n) is 2.70. The highest BCUT2D eigenvalue weighted by Gasteiger charge is 2.21. The van der Waals surface area contributed by atoms with Crippen molar-refractivity contribution < 1.29 is 19.7 Å². The zero-order valence-corrected chi connectivity index (χ0v) is 13.5. The highest BCUT2D eigenvalue weighted by atomic mass is 16.5. The van der Waals surface area contributed by atoms with Crippen LogP contribution in [0.4, 0.5) is 0 Å². The number of rotatable bonds is 10. The molecule has 0 unspecified atom stereocenters. The number of aliphatic hydroxyl groups is 1. The summed E-state index contributed by atoms with van der Waals surface area (Å²) < 4.78 is 5.85. The van der Waals surface area contributed by atoms with Crippen molar-refractivity contribution in [3.63, 3.8) is 0 Å². The molecule has 0 aromatic heterocycles. The number of hydrogen-bond acceptors (Lipinski definition) is 3. The first kappa shape index (κ1) is 18.2. The minimum absolute atomic E-state index is 0.0784. The van der Waals surface area contributed by atoms with E-state index in [4.69, 9.17) is 4.74 Å². The van der Waals surface area contributed by atoms with Gasteiger partial charge in [0.25, 0.3) is 0 Å². The minimum atomic E-state index is -0.951. The van der Waals surface area contributed by atoms with Crippen molar-refractivity contribution in [2.24, 2.45) is 0 Å². The molecule has 1 aromatic carbocycles. The van der Waals surface area contributed by atoms with Gasteiger partial charge in [0.05, 0.1) is 5.56 Å². The van der Waals surface area contributed by atoms with E-state index in [1.54, 1.807) is 12.1 Å². The van der Waals surface area contributed by atoms with Crippen LogP contribution in [0.5, 0.6) is 5.75 Å². The second kappa shape index (κ2) is 9.26. The van der Waals surface area contributed by atoms with Crippen LogP contribution in [0.25, 0.3) is 0 Å². The summed E-state index contributed by atoms with van der Waals surface area (Å²) in [7, 11) is 0. The monoisotopic (exact) mass is 306 g/mol. The second-order valence-corrected chi connectivity index (χ2v) is 5.25. The van der Waals surface area contributed by atoms with E-state index >= 15 is 0 Å². The number of aliphatic hydroxyl groups excluding tert-OH is 1. The third-order valence-corrected chi connectivity index (χ3v) is 3.53. The first-order valence-corrected chi connectivity index (χ1v) is 7.86. The van der Waals surface area contributed by atoms with Crippen molar-refractivity contribution in [1.82, 2.24) is 0 Å². The van der Waals surface area contributed by atoms with Crippen LogP contribution in [0, 0.1) is 0 Å². The standard InChI is InChI=1S/C18H26O4/c1-4-7-13-12-16(18(20)21)14(9-10-19)15(8-5-2)17(13)22-11-6-3/h6,12,19H,3-5,7-11H2,1-2H3,(H,20,21). The molecule has 0 aliphatic carbocycles. The molecule has 0 atom stereocenters. The van der Waals surface area contributed by atoms with E-state index in [2.05, 4.69) is 13.5 Å². The van der Waals surface area contributed by atoms with Crippen LogP contribution >= 0.6 is 0 Å². The number of ether oxygens (including phenoxy) is 1. The lowest BCUT2D eigenvalue weighted by Crippen LogP contribution is -2.13. The van der Waals surface area contributed by atoms with Gasteiger partial charge in [-0.3, -0.25) is 0 Å². The lowest BCUT2D eigenvalue weighted by molar-refractivity contribution is 0.0695. The van der Waals surface area contributed by atoms with E-state index < -0.39 is 5.97 Å². The van der Waals surface area contributed by atoms with E-state index in [0.717, 1.165) is 42.6 Å². The Morgan fingerprint density at radius 2 is 1.91 bits per heavy atom. The highest BCUT2D eigenvalue weighted by Crippen LogP contribution is 2.33. The zero-order chi connectivity index (χ0) is 16.5. The first-order valence-electron chi connectivity index (χ1n) is 7.86. The van der Waals surface area contributed by atoms with Crippen LogP contribution in [0.2, 0.25) is 0 Å². The largest absolute Gasteiger partial charge is 0.489 e. The van der Waals surface area contributed by atoms with E-state index in [0.29, 0.717) is 18.6 Å². The molecule has 22 heavy (non-hydrogen) atoms. The fourth-order valence-corrected chi connectivity index (χ4v) is 2.70. The third kappa shape index (κ3) is 4.34. The molecule has 0 fully saturated rings. The van der Waals surface area contributed by atoms with Gasteiger partial charge in [-0.25, -0.2) is 4.79 Å². The van der Waals surface area contributed by atoms with Crippen molar-refractivity contribution in [2.45, 2.75) is 46.0 Å². The SMILES string of the molecule is C=CCOc1c(CCC)cc(C(=O)O)c(CCO)c1CCC. The molecule has 0 heterocycles. The van der Waals surface area contributed by atoms with Gasteiger partial charge >= 0.3 is 5.97 Å². The maximum absolute atomic E-state index is 11.6. The first-order chi connectivity index (χ1) is 10.6. The number of aromatic carboxylic acids is 1. The van der Waals surface area contributed by atoms with Crippen molar-refractivity contribution in [2.75, 3.05) is 13.2 Å². The lowest BCUT2D eigenvalue weighted by atomic mass is 9.90. The molecule has 4 heteroatoms. The zero-order valence-electron chi connectivity index (χ0n) is 13.5. The summed E-state index contributed by atoms with van der Waals surface area (Å²) in [5.74, 6) is -0.175. The summed E-state index contributed by atoms with van der Waals surface area (Å²) in [6.45, 7) is 8.08. The summed E-state index contributed by atoms with van der Waals surface area (Å²) in [6.07, 6.45) is 5.31. The minimum Gasteiger partial charge on any atom is -0.489 e. The molecular formula is C18H26O4. The Balaban J connectivity index is 3.56. The Morgan fingerprint density at radius 3 is 2.41 bits per heavy atom. The van der Waals surface area contributed by atoms with Crippen molar-refractivity contribution in [3.05, 3.63) is 41.0 Å². The van der Waals surface area contributed by atoms with Gasteiger partial charge in [-0.2, -0.15) is 0 Å². The molecule has 0 bridgehead atoms. The summed E-state index contributed by atoms with van der Waals surface area (Å²) in [5.41, 5.74) is 2.82. The molecule has 2 N–H and O–H groups in total. The summed E-state index contributed by atoms with van der Waals surface area (Å²) in [4.78, 5) is 11.6. The van der Waals surface area contributed by atoms with Gasteiger partial charge in [0.2, 0.25) is 0 Å². The maximum Gasteiger partial charge on any atom is 0.335 e. The Hall–Kier alpha value is -1.81. The van der Waals surface area contributed by atoms with Gasteiger partial charge in [0.1, 0.15) is 12.4 Å². The molecular weight excluding hydrogens is 280 g/mol. The number of carbonyl (C=O) groups is 1. The van der Waals surface area contributed by atoms with E-state index in [1.807, 2.05) is 6.92 Å². The molecule has 1 aromatic rings. The quantitative estimate of drug-likeness (QED) is 0.650. The number of carboxylic acids is 1. The van der Waals surface area contributed by atoms with E-state index in [9.17, 15) is 15.0 Å². The predicted molar refractivity (Wildman–Crippen MR) is 87.9 cm³/mol. The Morgan fingerprint density at radius 1 is 1.23 bits per heavy atom. The van der Waals surface area contributed by atoms with E-state index in [1.165, 1.54) is 0 Å². The van der Waals surface area contributed by atoms with Crippen LogP contribution in [0.15, 0.2) is 18.7 Å². The average molecular weight is 306 g/mol. The van der Waals surface area contributed by atoms with Crippen LogP contribution < -0.4 is 4.74 Å². The number of carboxylic acid groups (broad SMARTS) is 1. The van der Waals surface area contributed by atoms with Gasteiger partial charge in [-0.05, 0) is 42.0 Å². The topological polar surface area (TPSA) is 66.8 Å². The maximum atomic E-state index is 11.6. The molecule has 0 radical (unpaired) electrons. The van der Waals surface area contributed by atoms with Crippen LogP contribution in [0.3, 0.4) is 0 Å².